The maximum absolute atomic E-state index is 12.7. The maximum atomic E-state index is 12.7. The van der Waals surface area contributed by atoms with Gasteiger partial charge in [-0.05, 0) is 23.3 Å². The second-order valence-corrected chi connectivity index (χ2v) is 9.28. The van der Waals surface area contributed by atoms with Crippen molar-refractivity contribution in [3.05, 3.63) is 106 Å². The molecule has 3 aromatic heterocycles. The molecule has 1 aromatic carbocycles. The van der Waals surface area contributed by atoms with Crippen molar-refractivity contribution in [3.63, 3.8) is 0 Å². The second kappa shape index (κ2) is 11.1. The van der Waals surface area contributed by atoms with E-state index in [9.17, 15) is 4.79 Å². The van der Waals surface area contributed by atoms with Crippen LogP contribution in [0.4, 0.5) is 0 Å². The molecule has 2 N–H and O–H groups in total. The number of nitrogens with one attached hydrogen (secondary N) is 2. The van der Waals surface area contributed by atoms with Crippen molar-refractivity contribution in [2.75, 3.05) is 6.61 Å². The van der Waals surface area contributed by atoms with Gasteiger partial charge in [-0.1, -0.05) is 47.5 Å². The van der Waals surface area contributed by atoms with Gasteiger partial charge in [0, 0.05) is 50.5 Å². The fraction of sp³-hybridized carbons (Fsp3) is 0.231. The monoisotopic (exact) mass is 522 g/mol. The van der Waals surface area contributed by atoms with Gasteiger partial charge in [0.1, 0.15) is 11.6 Å². The number of imidazole rings is 1. The molecule has 8 nitrogen and oxygen atoms in total. The van der Waals surface area contributed by atoms with E-state index in [0.717, 1.165) is 34.8 Å². The SMILES string of the molecule is O=C(NCc1cccc(CN(Cc2ncc[nH]2)C2CCOc3cccnc32)c1)c1c(Cl)cncc1Cl. The van der Waals surface area contributed by atoms with Crippen LogP contribution >= 0.6 is 23.2 Å². The molecule has 0 radical (unpaired) electrons. The zero-order valence-corrected chi connectivity index (χ0v) is 20.8. The molecule has 1 aliphatic heterocycles. The number of ether oxygens (including phenoxy) is 1. The molecule has 0 bridgehead atoms. The first-order valence-corrected chi connectivity index (χ1v) is 12.3. The van der Waals surface area contributed by atoms with E-state index in [1.807, 2.05) is 30.5 Å². The Balaban J connectivity index is 1.33. The van der Waals surface area contributed by atoms with Gasteiger partial charge in [0.25, 0.3) is 5.91 Å². The molecular formula is C26H24Cl2N6O2. The summed E-state index contributed by atoms with van der Waals surface area (Å²) in [5.74, 6) is 1.36. The lowest BCUT2D eigenvalue weighted by Gasteiger charge is -2.34. The van der Waals surface area contributed by atoms with Crippen LogP contribution in [0.15, 0.2) is 67.4 Å². The third-order valence-corrected chi connectivity index (χ3v) is 6.60. The molecule has 0 fully saturated rings. The quantitative estimate of drug-likeness (QED) is 0.339. The van der Waals surface area contributed by atoms with Crippen molar-refractivity contribution < 1.29 is 9.53 Å². The Morgan fingerprint density at radius 2 is 1.92 bits per heavy atom. The summed E-state index contributed by atoms with van der Waals surface area (Å²) in [6.07, 6.45) is 9.02. The Morgan fingerprint density at radius 3 is 2.72 bits per heavy atom. The molecule has 10 heteroatoms. The zero-order chi connectivity index (χ0) is 24.9. The van der Waals surface area contributed by atoms with E-state index in [1.54, 1.807) is 12.4 Å². The number of amides is 1. The van der Waals surface area contributed by atoms with Crippen molar-refractivity contribution in [1.29, 1.82) is 0 Å². The normalized spacial score (nSPS) is 14.8. The Kier molecular flexibility index (Phi) is 7.46. The molecule has 0 saturated heterocycles. The summed E-state index contributed by atoms with van der Waals surface area (Å²) in [4.78, 5) is 31.2. The highest BCUT2D eigenvalue weighted by atomic mass is 35.5. The molecular weight excluding hydrogens is 499 g/mol. The summed E-state index contributed by atoms with van der Waals surface area (Å²) >= 11 is 12.2. The van der Waals surface area contributed by atoms with Crippen LogP contribution in [0.25, 0.3) is 0 Å². The van der Waals surface area contributed by atoms with E-state index in [-0.39, 0.29) is 27.6 Å². The Morgan fingerprint density at radius 1 is 1.08 bits per heavy atom. The van der Waals surface area contributed by atoms with Crippen molar-refractivity contribution in [2.24, 2.45) is 0 Å². The van der Waals surface area contributed by atoms with Crippen LogP contribution in [0, 0.1) is 0 Å². The van der Waals surface area contributed by atoms with Gasteiger partial charge in [-0.3, -0.25) is 19.7 Å². The van der Waals surface area contributed by atoms with Gasteiger partial charge in [-0.2, -0.15) is 0 Å². The molecule has 1 amide bonds. The highest BCUT2D eigenvalue weighted by Crippen LogP contribution is 2.35. The number of carbonyl (C=O) groups excluding carboxylic acids is 1. The third kappa shape index (κ3) is 5.51. The number of rotatable bonds is 8. The summed E-state index contributed by atoms with van der Waals surface area (Å²) in [5, 5.41) is 3.33. The lowest BCUT2D eigenvalue weighted by atomic mass is 10.0. The topological polar surface area (TPSA) is 96.0 Å². The number of aromatic nitrogens is 4. The lowest BCUT2D eigenvalue weighted by molar-refractivity contribution is 0.0951. The molecule has 184 valence electrons. The molecule has 4 heterocycles. The number of fused-ring (bicyclic) bond motifs is 1. The van der Waals surface area contributed by atoms with E-state index in [0.29, 0.717) is 26.2 Å². The van der Waals surface area contributed by atoms with E-state index in [1.165, 1.54) is 12.4 Å². The van der Waals surface area contributed by atoms with Crippen LogP contribution in [0.3, 0.4) is 0 Å². The predicted molar refractivity (Wildman–Crippen MR) is 137 cm³/mol. The first kappa shape index (κ1) is 24.2. The number of benzene rings is 1. The molecule has 36 heavy (non-hydrogen) atoms. The second-order valence-electron chi connectivity index (χ2n) is 8.46. The Hall–Kier alpha value is -3.46. The maximum Gasteiger partial charge on any atom is 0.254 e. The first-order valence-electron chi connectivity index (χ1n) is 11.5. The number of pyridine rings is 2. The number of aromatic amines is 1. The third-order valence-electron chi connectivity index (χ3n) is 6.02. The van der Waals surface area contributed by atoms with Crippen LogP contribution in [-0.4, -0.2) is 37.3 Å². The van der Waals surface area contributed by atoms with E-state index in [2.05, 4.69) is 42.3 Å². The van der Waals surface area contributed by atoms with Crippen LogP contribution in [-0.2, 0) is 19.6 Å². The average Bonchev–Trinajstić information content (AvgIpc) is 3.40. The molecule has 4 aromatic rings. The highest BCUT2D eigenvalue weighted by Gasteiger charge is 2.29. The largest absolute Gasteiger partial charge is 0.492 e. The summed E-state index contributed by atoms with van der Waals surface area (Å²) in [5.41, 5.74) is 3.23. The van der Waals surface area contributed by atoms with Crippen molar-refractivity contribution in [2.45, 2.75) is 32.1 Å². The van der Waals surface area contributed by atoms with Gasteiger partial charge in [0.2, 0.25) is 0 Å². The fourth-order valence-electron chi connectivity index (χ4n) is 4.37. The van der Waals surface area contributed by atoms with Gasteiger partial charge in [0.05, 0.1) is 40.5 Å². The molecule has 1 aliphatic rings. The van der Waals surface area contributed by atoms with E-state index < -0.39 is 0 Å². The fourth-order valence-corrected chi connectivity index (χ4v) is 4.91. The first-order chi connectivity index (χ1) is 17.6. The Bertz CT molecular complexity index is 1330. The molecule has 1 atom stereocenters. The minimum absolute atomic E-state index is 0.0828. The number of nitrogens with zero attached hydrogens (tertiary/aromatic N) is 4. The van der Waals surface area contributed by atoms with Gasteiger partial charge < -0.3 is 15.0 Å². The van der Waals surface area contributed by atoms with Crippen molar-refractivity contribution in [3.8, 4) is 5.75 Å². The molecule has 0 saturated carbocycles. The van der Waals surface area contributed by atoms with Crippen LogP contribution in [0.5, 0.6) is 5.75 Å². The van der Waals surface area contributed by atoms with Crippen LogP contribution in [0.2, 0.25) is 10.0 Å². The van der Waals surface area contributed by atoms with Gasteiger partial charge in [0.15, 0.2) is 0 Å². The minimum atomic E-state index is -0.345. The Labute approximate surface area is 218 Å². The van der Waals surface area contributed by atoms with Gasteiger partial charge >= 0.3 is 0 Å². The number of H-pyrrole nitrogens is 1. The number of halogens is 2. The standard InChI is InChI=1S/C26H24Cl2N6O2/c27-19-13-29-14-20(28)24(19)26(35)33-12-17-3-1-4-18(11-17)15-34(16-23-30-8-9-31-23)21-6-10-36-22-5-2-7-32-25(21)22/h1-5,7-9,11,13-14,21H,6,10,12,15-16H2,(H,30,31)(H,33,35). The minimum Gasteiger partial charge on any atom is -0.492 e. The van der Waals surface area contributed by atoms with Crippen molar-refractivity contribution in [1.82, 2.24) is 30.2 Å². The molecule has 0 spiro atoms. The highest BCUT2D eigenvalue weighted by molar-refractivity contribution is 6.39. The predicted octanol–water partition coefficient (Wildman–Crippen LogP) is 4.96. The summed E-state index contributed by atoms with van der Waals surface area (Å²) in [7, 11) is 0. The number of hydrogen-bond donors (Lipinski definition) is 2. The molecule has 1 unspecified atom stereocenters. The zero-order valence-electron chi connectivity index (χ0n) is 19.3. The number of hydrogen-bond acceptors (Lipinski definition) is 6. The summed E-state index contributed by atoms with van der Waals surface area (Å²) in [6.45, 7) is 2.27. The van der Waals surface area contributed by atoms with Crippen LogP contribution < -0.4 is 10.1 Å². The van der Waals surface area contributed by atoms with E-state index in [4.69, 9.17) is 27.9 Å². The number of carbonyl (C=O) groups is 1. The smallest absolute Gasteiger partial charge is 0.254 e. The summed E-state index contributed by atoms with van der Waals surface area (Å²) in [6, 6.07) is 12.1. The lowest BCUT2D eigenvalue weighted by Crippen LogP contribution is -2.33. The average molecular weight is 523 g/mol. The van der Waals surface area contributed by atoms with Gasteiger partial charge in [-0.25, -0.2) is 4.98 Å². The molecule has 5 rings (SSSR count). The summed E-state index contributed by atoms with van der Waals surface area (Å²) < 4.78 is 5.84. The van der Waals surface area contributed by atoms with E-state index >= 15 is 0 Å². The van der Waals surface area contributed by atoms with Crippen LogP contribution in [0.1, 0.15) is 45.5 Å². The van der Waals surface area contributed by atoms with Crippen molar-refractivity contribution >= 4 is 29.1 Å². The molecule has 0 aliphatic carbocycles. The van der Waals surface area contributed by atoms with Gasteiger partial charge in [-0.15, -0.1) is 0 Å².